The number of halogens is 2. The summed E-state index contributed by atoms with van der Waals surface area (Å²) in [6.45, 7) is 3.28. The predicted octanol–water partition coefficient (Wildman–Crippen LogP) is 6.21. The lowest BCUT2D eigenvalue weighted by Gasteiger charge is -2.27. The van der Waals surface area contributed by atoms with Crippen molar-refractivity contribution >= 4 is 39.8 Å². The summed E-state index contributed by atoms with van der Waals surface area (Å²) in [6, 6.07) is 15.1. The van der Waals surface area contributed by atoms with Crippen LogP contribution in [0.15, 0.2) is 61.1 Å². The van der Waals surface area contributed by atoms with Gasteiger partial charge in [-0.25, -0.2) is 14.4 Å². The summed E-state index contributed by atoms with van der Waals surface area (Å²) in [7, 11) is 0. The number of benzene rings is 2. The summed E-state index contributed by atoms with van der Waals surface area (Å²) in [6.07, 6.45) is 7.24. The van der Waals surface area contributed by atoms with E-state index in [0.29, 0.717) is 5.82 Å². The maximum absolute atomic E-state index is 13.9. The third-order valence-corrected chi connectivity index (χ3v) is 6.05. The second-order valence-electron chi connectivity index (χ2n) is 7.87. The number of anilines is 3. The molecule has 1 saturated heterocycles. The predicted molar refractivity (Wildman–Crippen MR) is 123 cm³/mol. The van der Waals surface area contributed by atoms with Crippen molar-refractivity contribution in [2.45, 2.75) is 25.8 Å². The van der Waals surface area contributed by atoms with E-state index in [1.165, 1.54) is 37.2 Å². The maximum atomic E-state index is 13.9. The highest BCUT2D eigenvalue weighted by Gasteiger charge is 2.19. The van der Waals surface area contributed by atoms with Crippen molar-refractivity contribution in [1.29, 1.82) is 0 Å². The summed E-state index contributed by atoms with van der Waals surface area (Å²) < 4.78 is 13.9. The lowest BCUT2D eigenvalue weighted by molar-refractivity contribution is 0.221. The van der Waals surface area contributed by atoms with Gasteiger partial charge in [-0.2, -0.15) is 0 Å². The molecule has 0 bridgehead atoms. The molecular weight excluding hydrogens is 413 g/mol. The molecule has 1 fully saturated rings. The average molecular weight is 436 g/mol. The molecule has 3 heterocycles. The van der Waals surface area contributed by atoms with Crippen LogP contribution in [0.1, 0.15) is 24.8 Å². The largest absolute Gasteiger partial charge is 0.346 e. The molecule has 158 valence electrons. The lowest BCUT2D eigenvalue weighted by atomic mass is 10.1. The molecule has 0 radical (unpaired) electrons. The van der Waals surface area contributed by atoms with Crippen LogP contribution in [0.4, 0.5) is 21.6 Å². The molecule has 2 aromatic carbocycles. The first-order chi connectivity index (χ1) is 15.2. The Morgan fingerprint density at radius 1 is 0.968 bits per heavy atom. The lowest BCUT2D eigenvalue weighted by Crippen LogP contribution is -2.29. The van der Waals surface area contributed by atoms with Crippen molar-refractivity contribution in [3.8, 4) is 0 Å². The number of nitrogens with one attached hydrogen (secondary N) is 1. The fourth-order valence-corrected chi connectivity index (χ4v) is 4.36. The van der Waals surface area contributed by atoms with E-state index in [4.69, 9.17) is 11.6 Å². The average Bonchev–Trinajstić information content (AvgIpc) is 3.28. The number of fused-ring (bicyclic) bond motifs is 1. The molecule has 1 N–H and O–H groups in total. The molecule has 1 aliphatic rings. The number of hydrogen-bond acceptors (Lipinski definition) is 4. The molecule has 2 aromatic heterocycles. The van der Waals surface area contributed by atoms with E-state index in [-0.39, 0.29) is 5.02 Å². The summed E-state index contributed by atoms with van der Waals surface area (Å²) in [5.41, 5.74) is 3.67. The SMILES string of the molecule is Fc1ccc(N(c2ccc(CN3CCCCC3)cc2)c2ncnc3[nH]ccc23)cc1Cl. The number of H-pyrrole nitrogens is 1. The Bertz CT molecular complexity index is 1180. The first-order valence-corrected chi connectivity index (χ1v) is 10.9. The summed E-state index contributed by atoms with van der Waals surface area (Å²) >= 11 is 6.12. The van der Waals surface area contributed by atoms with E-state index < -0.39 is 5.82 Å². The van der Waals surface area contributed by atoms with E-state index in [1.54, 1.807) is 12.1 Å². The molecule has 0 unspecified atom stereocenters. The first kappa shape index (κ1) is 20.0. The van der Waals surface area contributed by atoms with Crippen LogP contribution in [0, 0.1) is 5.82 Å². The summed E-state index contributed by atoms with van der Waals surface area (Å²) in [5.74, 6) is 0.259. The third-order valence-electron chi connectivity index (χ3n) is 5.76. The molecule has 0 spiro atoms. The van der Waals surface area contributed by atoms with E-state index in [1.807, 2.05) is 17.2 Å². The zero-order valence-electron chi connectivity index (χ0n) is 17.1. The number of likely N-dealkylation sites (tertiary alicyclic amines) is 1. The van der Waals surface area contributed by atoms with Crippen LogP contribution < -0.4 is 4.90 Å². The number of aromatic amines is 1. The number of rotatable bonds is 5. The van der Waals surface area contributed by atoms with E-state index in [0.717, 1.165) is 42.0 Å². The second-order valence-corrected chi connectivity index (χ2v) is 8.28. The van der Waals surface area contributed by atoms with E-state index in [2.05, 4.69) is 44.1 Å². The highest BCUT2D eigenvalue weighted by molar-refractivity contribution is 6.31. The highest BCUT2D eigenvalue weighted by atomic mass is 35.5. The Labute approximate surface area is 185 Å². The standard InChI is InChI=1S/C24H23ClFN5/c25-21-14-19(8-9-22(21)26)31(24-20-10-11-27-23(20)28-16-29-24)18-6-4-17(5-7-18)15-30-12-2-1-3-13-30/h4-11,14,16H,1-3,12-13,15H2,(H,27,28,29). The number of aromatic nitrogens is 3. The van der Waals surface area contributed by atoms with Gasteiger partial charge in [0.25, 0.3) is 0 Å². The van der Waals surface area contributed by atoms with Crippen LogP contribution in [0.2, 0.25) is 5.02 Å². The zero-order chi connectivity index (χ0) is 21.2. The molecule has 4 aromatic rings. The number of piperidine rings is 1. The Kier molecular flexibility index (Phi) is 5.57. The van der Waals surface area contributed by atoms with Gasteiger partial charge in [-0.05, 0) is 67.9 Å². The van der Waals surface area contributed by atoms with Crippen LogP contribution >= 0.6 is 11.6 Å². The maximum Gasteiger partial charge on any atom is 0.150 e. The quantitative estimate of drug-likeness (QED) is 0.405. The molecule has 0 amide bonds. The van der Waals surface area contributed by atoms with Crippen LogP contribution in [0.25, 0.3) is 11.0 Å². The third kappa shape index (κ3) is 4.13. The minimum Gasteiger partial charge on any atom is -0.346 e. The second kappa shape index (κ2) is 8.65. The summed E-state index contributed by atoms with van der Waals surface area (Å²) in [4.78, 5) is 16.5. The number of nitrogens with zero attached hydrogens (tertiary/aromatic N) is 4. The van der Waals surface area contributed by atoms with Crippen molar-refractivity contribution in [2.24, 2.45) is 0 Å². The molecule has 7 heteroatoms. The normalized spacial score (nSPS) is 14.8. The van der Waals surface area contributed by atoms with Gasteiger partial charge < -0.3 is 4.98 Å². The minimum atomic E-state index is -0.447. The van der Waals surface area contributed by atoms with E-state index in [9.17, 15) is 4.39 Å². The van der Waals surface area contributed by atoms with Gasteiger partial charge in [-0.15, -0.1) is 0 Å². The highest BCUT2D eigenvalue weighted by Crippen LogP contribution is 2.38. The molecule has 5 rings (SSSR count). The van der Waals surface area contributed by atoms with Gasteiger partial charge in [-0.1, -0.05) is 30.2 Å². The van der Waals surface area contributed by atoms with Crippen molar-refractivity contribution in [3.05, 3.63) is 77.5 Å². The van der Waals surface area contributed by atoms with E-state index >= 15 is 0 Å². The van der Waals surface area contributed by atoms with Crippen molar-refractivity contribution in [3.63, 3.8) is 0 Å². The van der Waals surface area contributed by atoms with Gasteiger partial charge in [0.1, 0.15) is 17.8 Å². The summed E-state index contributed by atoms with van der Waals surface area (Å²) in [5, 5.41) is 0.948. The van der Waals surface area contributed by atoms with Crippen LogP contribution in [0.5, 0.6) is 0 Å². The van der Waals surface area contributed by atoms with Gasteiger partial charge in [0, 0.05) is 24.1 Å². The molecule has 0 aliphatic carbocycles. The molecule has 1 aliphatic heterocycles. The van der Waals surface area contributed by atoms with Crippen molar-refractivity contribution in [1.82, 2.24) is 19.9 Å². The van der Waals surface area contributed by atoms with Crippen molar-refractivity contribution in [2.75, 3.05) is 18.0 Å². The van der Waals surface area contributed by atoms with Gasteiger partial charge in [0.2, 0.25) is 0 Å². The van der Waals surface area contributed by atoms with Crippen molar-refractivity contribution < 1.29 is 4.39 Å². The Hall–Kier alpha value is -2.96. The van der Waals surface area contributed by atoms with Crippen LogP contribution in [-0.4, -0.2) is 32.9 Å². The van der Waals surface area contributed by atoms with Crippen LogP contribution in [0.3, 0.4) is 0 Å². The fourth-order valence-electron chi connectivity index (χ4n) is 4.18. The van der Waals surface area contributed by atoms with Gasteiger partial charge in [0.05, 0.1) is 10.4 Å². The Balaban J connectivity index is 1.54. The topological polar surface area (TPSA) is 48.1 Å². The van der Waals surface area contributed by atoms with Gasteiger partial charge in [-0.3, -0.25) is 9.80 Å². The van der Waals surface area contributed by atoms with Gasteiger partial charge >= 0.3 is 0 Å². The fraction of sp³-hybridized carbons (Fsp3) is 0.250. The minimum absolute atomic E-state index is 0.0728. The molecule has 31 heavy (non-hydrogen) atoms. The smallest absolute Gasteiger partial charge is 0.150 e. The van der Waals surface area contributed by atoms with Gasteiger partial charge in [0.15, 0.2) is 5.82 Å². The molecular formula is C24H23ClFN5. The first-order valence-electron chi connectivity index (χ1n) is 10.5. The zero-order valence-corrected chi connectivity index (χ0v) is 17.8. The molecule has 0 saturated carbocycles. The monoisotopic (exact) mass is 435 g/mol. The van der Waals surface area contributed by atoms with Crippen LogP contribution in [-0.2, 0) is 6.54 Å². The molecule has 5 nitrogen and oxygen atoms in total. The molecule has 0 atom stereocenters. The Morgan fingerprint density at radius 3 is 2.52 bits per heavy atom. The Morgan fingerprint density at radius 2 is 1.74 bits per heavy atom. The number of hydrogen-bond donors (Lipinski definition) is 1.